The monoisotopic (exact) mass is 203 g/mol. The number of ether oxygens (including phenoxy) is 1. The number of aromatic amines is 1. The predicted molar refractivity (Wildman–Crippen MR) is 59.5 cm³/mol. The third-order valence-electron chi connectivity index (χ3n) is 2.45. The average Bonchev–Trinajstić information content (AvgIpc) is 2.70. The lowest BCUT2D eigenvalue weighted by Gasteiger charge is -1.97. The van der Waals surface area contributed by atoms with Crippen LogP contribution in [0.25, 0.3) is 10.9 Å². The number of carbonyl (C=O) groups is 1. The van der Waals surface area contributed by atoms with E-state index in [1.54, 1.807) is 7.11 Å². The van der Waals surface area contributed by atoms with E-state index in [1.807, 2.05) is 31.2 Å². The fraction of sp³-hybridized carbons (Fsp3) is 0.250. The van der Waals surface area contributed by atoms with Crippen molar-refractivity contribution in [2.75, 3.05) is 7.11 Å². The van der Waals surface area contributed by atoms with Crippen molar-refractivity contribution in [3.8, 4) is 5.75 Å². The zero-order chi connectivity index (χ0) is 10.8. The molecule has 1 heterocycles. The molecule has 78 valence electrons. The Kier molecular flexibility index (Phi) is 2.46. The second-order valence-electron chi connectivity index (χ2n) is 3.41. The largest absolute Gasteiger partial charge is 0.497 e. The van der Waals surface area contributed by atoms with Crippen LogP contribution < -0.4 is 4.74 Å². The summed E-state index contributed by atoms with van der Waals surface area (Å²) in [5.41, 5.74) is 1.63. The van der Waals surface area contributed by atoms with Gasteiger partial charge in [-0.1, -0.05) is 6.92 Å². The third-order valence-corrected chi connectivity index (χ3v) is 2.45. The maximum atomic E-state index is 11.5. The summed E-state index contributed by atoms with van der Waals surface area (Å²) in [5.74, 6) is 0.933. The summed E-state index contributed by atoms with van der Waals surface area (Å²) >= 11 is 0. The number of aromatic nitrogens is 1. The van der Waals surface area contributed by atoms with Gasteiger partial charge < -0.3 is 9.72 Å². The van der Waals surface area contributed by atoms with Crippen LogP contribution in [0.5, 0.6) is 5.75 Å². The van der Waals surface area contributed by atoms with E-state index >= 15 is 0 Å². The standard InChI is InChI=1S/C12H13NO2/c1-3-12(14)11-7-8-6-9(15-2)4-5-10(8)13-11/h4-7,13H,3H2,1-2H3. The number of hydrogen-bond donors (Lipinski definition) is 1. The maximum Gasteiger partial charge on any atom is 0.178 e. The lowest BCUT2D eigenvalue weighted by Crippen LogP contribution is -1.95. The van der Waals surface area contributed by atoms with Crippen molar-refractivity contribution in [2.45, 2.75) is 13.3 Å². The van der Waals surface area contributed by atoms with E-state index in [0.29, 0.717) is 12.1 Å². The summed E-state index contributed by atoms with van der Waals surface area (Å²) in [7, 11) is 1.63. The van der Waals surface area contributed by atoms with E-state index in [-0.39, 0.29) is 5.78 Å². The predicted octanol–water partition coefficient (Wildman–Crippen LogP) is 2.77. The smallest absolute Gasteiger partial charge is 0.178 e. The van der Waals surface area contributed by atoms with Crippen molar-refractivity contribution in [2.24, 2.45) is 0 Å². The van der Waals surface area contributed by atoms with Crippen molar-refractivity contribution in [1.82, 2.24) is 4.98 Å². The molecule has 0 atom stereocenters. The molecule has 0 spiro atoms. The minimum Gasteiger partial charge on any atom is -0.497 e. The van der Waals surface area contributed by atoms with Crippen LogP contribution in [0.4, 0.5) is 0 Å². The van der Waals surface area contributed by atoms with Crippen molar-refractivity contribution in [1.29, 1.82) is 0 Å². The summed E-state index contributed by atoms with van der Waals surface area (Å²) in [6.45, 7) is 1.86. The van der Waals surface area contributed by atoms with Gasteiger partial charge in [0.25, 0.3) is 0 Å². The van der Waals surface area contributed by atoms with Gasteiger partial charge in [-0.05, 0) is 24.3 Å². The van der Waals surface area contributed by atoms with Gasteiger partial charge in [0.15, 0.2) is 5.78 Å². The van der Waals surface area contributed by atoms with Crippen molar-refractivity contribution in [3.05, 3.63) is 30.0 Å². The number of benzene rings is 1. The molecule has 2 aromatic rings. The average molecular weight is 203 g/mol. The highest BCUT2D eigenvalue weighted by Gasteiger charge is 2.07. The molecule has 0 amide bonds. The molecule has 2 rings (SSSR count). The number of fused-ring (bicyclic) bond motifs is 1. The summed E-state index contributed by atoms with van der Waals surface area (Å²) in [5, 5.41) is 1.01. The van der Waals surface area contributed by atoms with Crippen LogP contribution in [-0.4, -0.2) is 17.9 Å². The van der Waals surface area contributed by atoms with Gasteiger partial charge in [0, 0.05) is 17.3 Å². The Bertz CT molecular complexity index is 499. The molecule has 15 heavy (non-hydrogen) atoms. The van der Waals surface area contributed by atoms with E-state index in [9.17, 15) is 4.79 Å². The van der Waals surface area contributed by atoms with Gasteiger partial charge in [-0.2, -0.15) is 0 Å². The maximum absolute atomic E-state index is 11.5. The normalized spacial score (nSPS) is 10.5. The molecule has 1 aromatic carbocycles. The van der Waals surface area contributed by atoms with E-state index in [1.165, 1.54) is 0 Å². The zero-order valence-corrected chi connectivity index (χ0v) is 8.83. The van der Waals surface area contributed by atoms with Crippen LogP contribution in [0.15, 0.2) is 24.3 Å². The number of rotatable bonds is 3. The first-order chi connectivity index (χ1) is 7.24. The molecule has 0 aliphatic heterocycles. The Morgan fingerprint density at radius 1 is 1.40 bits per heavy atom. The Morgan fingerprint density at radius 2 is 2.20 bits per heavy atom. The van der Waals surface area contributed by atoms with Crippen LogP contribution >= 0.6 is 0 Å². The molecule has 3 heteroatoms. The Hall–Kier alpha value is -1.77. The van der Waals surface area contributed by atoms with Gasteiger partial charge in [-0.25, -0.2) is 0 Å². The molecule has 0 radical (unpaired) electrons. The molecule has 3 nitrogen and oxygen atoms in total. The van der Waals surface area contributed by atoms with E-state index < -0.39 is 0 Å². The van der Waals surface area contributed by atoms with Gasteiger partial charge in [-0.3, -0.25) is 4.79 Å². The summed E-state index contributed by atoms with van der Waals surface area (Å²) in [6.07, 6.45) is 0.518. The first-order valence-electron chi connectivity index (χ1n) is 4.94. The fourth-order valence-electron chi connectivity index (χ4n) is 1.58. The highest BCUT2D eigenvalue weighted by atomic mass is 16.5. The number of methoxy groups -OCH3 is 1. The van der Waals surface area contributed by atoms with Crippen LogP contribution in [0.3, 0.4) is 0 Å². The third kappa shape index (κ3) is 1.73. The lowest BCUT2D eigenvalue weighted by atomic mass is 10.2. The number of H-pyrrole nitrogens is 1. The molecule has 0 saturated heterocycles. The zero-order valence-electron chi connectivity index (χ0n) is 8.83. The molecule has 0 unspecified atom stereocenters. The lowest BCUT2D eigenvalue weighted by molar-refractivity contribution is 0.0984. The molecular weight excluding hydrogens is 190 g/mol. The summed E-state index contributed by atoms with van der Waals surface area (Å²) in [4.78, 5) is 14.6. The molecule has 0 bridgehead atoms. The van der Waals surface area contributed by atoms with Crippen LogP contribution in [-0.2, 0) is 0 Å². The minimum absolute atomic E-state index is 0.130. The van der Waals surface area contributed by atoms with Crippen molar-refractivity contribution >= 4 is 16.7 Å². The number of Topliss-reactive ketones (excluding diaryl/α,β-unsaturated/α-hetero) is 1. The van der Waals surface area contributed by atoms with Crippen LogP contribution in [0.2, 0.25) is 0 Å². The van der Waals surface area contributed by atoms with Crippen molar-refractivity contribution < 1.29 is 9.53 Å². The second-order valence-corrected chi connectivity index (χ2v) is 3.41. The fourth-order valence-corrected chi connectivity index (χ4v) is 1.58. The minimum atomic E-state index is 0.130. The molecule has 0 aliphatic carbocycles. The van der Waals surface area contributed by atoms with Crippen molar-refractivity contribution in [3.63, 3.8) is 0 Å². The Morgan fingerprint density at radius 3 is 2.87 bits per heavy atom. The highest BCUT2D eigenvalue weighted by molar-refractivity contribution is 5.99. The van der Waals surface area contributed by atoms with Crippen LogP contribution in [0, 0.1) is 0 Å². The number of nitrogens with one attached hydrogen (secondary N) is 1. The first-order valence-corrected chi connectivity index (χ1v) is 4.94. The molecule has 0 saturated carbocycles. The summed E-state index contributed by atoms with van der Waals surface area (Å²) < 4.78 is 5.12. The quantitative estimate of drug-likeness (QED) is 0.779. The second kappa shape index (κ2) is 3.77. The first kappa shape index (κ1) is 9.77. The Balaban J connectivity index is 2.51. The molecule has 0 aliphatic rings. The van der Waals surface area contributed by atoms with Gasteiger partial charge in [0.05, 0.1) is 12.8 Å². The molecule has 1 N–H and O–H groups in total. The Labute approximate surface area is 88.1 Å². The van der Waals surface area contributed by atoms with E-state index in [2.05, 4.69) is 4.98 Å². The molecule has 1 aromatic heterocycles. The summed E-state index contributed by atoms with van der Waals surface area (Å²) in [6, 6.07) is 7.57. The topological polar surface area (TPSA) is 42.1 Å². The molecular formula is C12H13NO2. The van der Waals surface area contributed by atoms with Gasteiger partial charge in [-0.15, -0.1) is 0 Å². The number of hydrogen-bond acceptors (Lipinski definition) is 2. The number of ketones is 1. The number of carbonyl (C=O) groups excluding carboxylic acids is 1. The van der Waals surface area contributed by atoms with E-state index in [0.717, 1.165) is 16.7 Å². The molecule has 0 fully saturated rings. The van der Waals surface area contributed by atoms with Gasteiger partial charge in [0.1, 0.15) is 5.75 Å². The van der Waals surface area contributed by atoms with Gasteiger partial charge in [0.2, 0.25) is 0 Å². The SMILES string of the molecule is CCC(=O)c1cc2cc(OC)ccc2[nH]1. The van der Waals surface area contributed by atoms with Gasteiger partial charge >= 0.3 is 0 Å². The van der Waals surface area contributed by atoms with Crippen LogP contribution in [0.1, 0.15) is 23.8 Å². The van der Waals surface area contributed by atoms with E-state index in [4.69, 9.17) is 4.74 Å². The highest BCUT2D eigenvalue weighted by Crippen LogP contribution is 2.21.